The number of hydrogen-bond acceptors (Lipinski definition) is 4. The van der Waals surface area contributed by atoms with Crippen LogP contribution in [0.15, 0.2) is 47.4 Å². The second-order valence-corrected chi connectivity index (χ2v) is 9.43. The van der Waals surface area contributed by atoms with Crippen LogP contribution >= 0.6 is 0 Å². The molecule has 0 heterocycles. The average Bonchev–Trinajstić information content (AvgIpc) is 3.02. The Morgan fingerprint density at radius 1 is 1.13 bits per heavy atom. The van der Waals surface area contributed by atoms with Gasteiger partial charge in [0.2, 0.25) is 10.0 Å². The van der Waals surface area contributed by atoms with E-state index >= 15 is 0 Å². The minimum atomic E-state index is -3.87. The average molecular weight is 449 g/mol. The van der Waals surface area contributed by atoms with E-state index in [2.05, 4.69) is 4.72 Å². The van der Waals surface area contributed by atoms with E-state index in [1.54, 1.807) is 24.3 Å². The lowest BCUT2D eigenvalue weighted by Gasteiger charge is -2.21. The maximum absolute atomic E-state index is 14.6. The number of nitrogens with one attached hydrogen (secondary N) is 1. The van der Waals surface area contributed by atoms with E-state index in [4.69, 9.17) is 4.74 Å². The molecule has 1 N–H and O–H groups in total. The summed E-state index contributed by atoms with van der Waals surface area (Å²) in [7, 11) is -2.36. The molecule has 0 radical (unpaired) electrons. The topological polar surface area (TPSA) is 75.7 Å². The zero-order chi connectivity index (χ0) is 22.4. The lowest BCUT2D eigenvalue weighted by molar-refractivity contribution is 0.0988. The third-order valence-electron chi connectivity index (χ3n) is 5.49. The van der Waals surface area contributed by atoms with Gasteiger partial charge in [0.05, 0.1) is 22.8 Å². The first-order valence-electron chi connectivity index (χ1n) is 10.6. The monoisotopic (exact) mass is 448 g/mol. The van der Waals surface area contributed by atoms with E-state index in [1.807, 2.05) is 6.92 Å². The van der Waals surface area contributed by atoms with Crippen molar-refractivity contribution in [3.63, 3.8) is 0 Å². The van der Waals surface area contributed by atoms with Crippen LogP contribution in [-0.2, 0) is 10.0 Å². The minimum Gasteiger partial charge on any atom is -0.492 e. The van der Waals surface area contributed by atoms with Crippen LogP contribution in [-0.4, -0.2) is 34.0 Å². The standard InChI is InChI=1S/C23H29FN2O4S/c1-3-30-22-13-9-8-12-21(22)26(2)23(27)19-16-18(14-15-20(19)24)31(28,29)25-17-10-6-4-5-7-11-17/h8-9,12-17,25H,3-7,10-11H2,1-2H3. The van der Waals surface area contributed by atoms with Crippen LogP contribution in [0.4, 0.5) is 10.1 Å². The van der Waals surface area contributed by atoms with Gasteiger partial charge in [-0.25, -0.2) is 17.5 Å². The Bertz CT molecular complexity index is 1020. The Kier molecular flexibility index (Phi) is 7.67. The third kappa shape index (κ3) is 5.62. The molecule has 1 aliphatic rings. The Hall–Kier alpha value is -2.45. The highest BCUT2D eigenvalue weighted by atomic mass is 32.2. The lowest BCUT2D eigenvalue weighted by atomic mass is 10.1. The summed E-state index contributed by atoms with van der Waals surface area (Å²) in [6.07, 6.45) is 5.72. The molecule has 3 rings (SSSR count). The number of ether oxygens (including phenoxy) is 1. The number of benzene rings is 2. The molecule has 31 heavy (non-hydrogen) atoms. The van der Waals surface area contributed by atoms with E-state index < -0.39 is 21.7 Å². The van der Waals surface area contributed by atoms with Crippen molar-refractivity contribution in [1.29, 1.82) is 0 Å². The second-order valence-electron chi connectivity index (χ2n) is 7.72. The number of carbonyl (C=O) groups is 1. The molecule has 2 aromatic carbocycles. The zero-order valence-electron chi connectivity index (χ0n) is 17.9. The van der Waals surface area contributed by atoms with Crippen LogP contribution in [0.3, 0.4) is 0 Å². The van der Waals surface area contributed by atoms with Crippen LogP contribution in [0.25, 0.3) is 0 Å². The van der Waals surface area contributed by atoms with Crippen LogP contribution in [0.1, 0.15) is 55.8 Å². The maximum atomic E-state index is 14.6. The van der Waals surface area contributed by atoms with Crippen molar-refractivity contribution in [2.45, 2.75) is 56.4 Å². The first-order valence-corrected chi connectivity index (χ1v) is 12.1. The molecule has 168 valence electrons. The molecule has 1 saturated carbocycles. The number of amides is 1. The molecule has 1 aliphatic carbocycles. The first-order chi connectivity index (χ1) is 14.8. The number of para-hydroxylation sites is 2. The third-order valence-corrected chi connectivity index (χ3v) is 7.00. The zero-order valence-corrected chi connectivity index (χ0v) is 18.8. The fourth-order valence-corrected chi connectivity index (χ4v) is 5.15. The predicted octanol–water partition coefficient (Wildman–Crippen LogP) is 4.50. The van der Waals surface area contributed by atoms with Gasteiger partial charge in [-0.3, -0.25) is 4.79 Å². The van der Waals surface area contributed by atoms with Gasteiger partial charge in [0.25, 0.3) is 5.91 Å². The highest BCUT2D eigenvalue weighted by Gasteiger charge is 2.25. The number of nitrogens with zero attached hydrogens (tertiary/aromatic N) is 1. The maximum Gasteiger partial charge on any atom is 0.261 e. The molecule has 6 nitrogen and oxygen atoms in total. The molecule has 0 atom stereocenters. The molecule has 0 unspecified atom stereocenters. The fourth-order valence-electron chi connectivity index (χ4n) is 3.82. The molecular weight excluding hydrogens is 419 g/mol. The van der Waals surface area contributed by atoms with Crippen LogP contribution in [0, 0.1) is 5.82 Å². The van der Waals surface area contributed by atoms with Crippen molar-refractivity contribution in [1.82, 2.24) is 4.72 Å². The van der Waals surface area contributed by atoms with Gasteiger partial charge in [0.15, 0.2) is 0 Å². The number of rotatable bonds is 7. The van der Waals surface area contributed by atoms with Gasteiger partial charge in [-0.05, 0) is 50.1 Å². The second kappa shape index (κ2) is 10.2. The van der Waals surface area contributed by atoms with E-state index in [0.717, 1.165) is 50.7 Å². The Morgan fingerprint density at radius 3 is 2.48 bits per heavy atom. The van der Waals surface area contributed by atoms with Gasteiger partial charge < -0.3 is 9.64 Å². The first kappa shape index (κ1) is 23.2. The largest absolute Gasteiger partial charge is 0.492 e. The highest BCUT2D eigenvalue weighted by Crippen LogP contribution is 2.29. The summed E-state index contributed by atoms with van der Waals surface area (Å²) >= 11 is 0. The van der Waals surface area contributed by atoms with E-state index in [1.165, 1.54) is 18.0 Å². The Morgan fingerprint density at radius 2 is 1.81 bits per heavy atom. The van der Waals surface area contributed by atoms with Crippen molar-refractivity contribution >= 4 is 21.6 Å². The summed E-state index contributed by atoms with van der Waals surface area (Å²) in [5.74, 6) is -0.949. The summed E-state index contributed by atoms with van der Waals surface area (Å²) < 4.78 is 48.6. The fraction of sp³-hybridized carbons (Fsp3) is 0.435. The minimum absolute atomic E-state index is 0.118. The molecule has 0 aliphatic heterocycles. The molecule has 0 aromatic heterocycles. The number of carbonyl (C=O) groups excluding carboxylic acids is 1. The van der Waals surface area contributed by atoms with Crippen molar-refractivity contribution in [3.8, 4) is 5.75 Å². The summed E-state index contributed by atoms with van der Waals surface area (Å²) in [6, 6.07) is 10.1. The van der Waals surface area contributed by atoms with E-state index in [0.29, 0.717) is 18.0 Å². The molecule has 2 aromatic rings. The van der Waals surface area contributed by atoms with Crippen molar-refractivity contribution in [2.24, 2.45) is 0 Å². The SMILES string of the molecule is CCOc1ccccc1N(C)C(=O)c1cc(S(=O)(=O)NC2CCCCCC2)ccc1F. The van der Waals surface area contributed by atoms with E-state index in [9.17, 15) is 17.6 Å². The van der Waals surface area contributed by atoms with Gasteiger partial charge in [-0.1, -0.05) is 37.8 Å². The number of sulfonamides is 1. The Balaban J connectivity index is 1.87. The summed E-state index contributed by atoms with van der Waals surface area (Å²) in [5, 5.41) is 0. The molecule has 1 amide bonds. The molecule has 0 bridgehead atoms. The molecule has 8 heteroatoms. The van der Waals surface area contributed by atoms with Crippen LogP contribution in [0.5, 0.6) is 5.75 Å². The molecule has 0 spiro atoms. The smallest absolute Gasteiger partial charge is 0.261 e. The van der Waals surface area contributed by atoms with Gasteiger partial charge in [-0.15, -0.1) is 0 Å². The quantitative estimate of drug-likeness (QED) is 0.633. The lowest BCUT2D eigenvalue weighted by Crippen LogP contribution is -2.34. The van der Waals surface area contributed by atoms with Gasteiger partial charge in [0.1, 0.15) is 11.6 Å². The Labute approximate surface area is 183 Å². The van der Waals surface area contributed by atoms with E-state index in [-0.39, 0.29) is 16.5 Å². The summed E-state index contributed by atoms with van der Waals surface area (Å²) in [4.78, 5) is 14.2. The summed E-state index contributed by atoms with van der Waals surface area (Å²) in [5.41, 5.74) is 0.163. The van der Waals surface area contributed by atoms with Gasteiger partial charge in [-0.2, -0.15) is 0 Å². The molecule has 0 saturated heterocycles. The van der Waals surface area contributed by atoms with Crippen LogP contribution < -0.4 is 14.4 Å². The van der Waals surface area contributed by atoms with Crippen molar-refractivity contribution in [3.05, 3.63) is 53.8 Å². The highest BCUT2D eigenvalue weighted by molar-refractivity contribution is 7.89. The normalized spacial score (nSPS) is 15.3. The molecular formula is C23H29FN2O4S. The number of anilines is 1. The van der Waals surface area contributed by atoms with Gasteiger partial charge >= 0.3 is 0 Å². The summed E-state index contributed by atoms with van der Waals surface area (Å²) in [6.45, 7) is 2.24. The van der Waals surface area contributed by atoms with Gasteiger partial charge in [0, 0.05) is 13.1 Å². The predicted molar refractivity (Wildman–Crippen MR) is 119 cm³/mol. The van der Waals surface area contributed by atoms with Crippen molar-refractivity contribution < 1.29 is 22.3 Å². The van der Waals surface area contributed by atoms with Crippen molar-refractivity contribution in [2.75, 3.05) is 18.6 Å². The molecule has 1 fully saturated rings. The number of halogens is 1. The number of hydrogen-bond donors (Lipinski definition) is 1. The van der Waals surface area contributed by atoms with Crippen LogP contribution in [0.2, 0.25) is 0 Å².